The summed E-state index contributed by atoms with van der Waals surface area (Å²) >= 11 is 6.67. The van der Waals surface area contributed by atoms with Crippen LogP contribution in [0.4, 0.5) is 23.3 Å². The lowest BCUT2D eigenvalue weighted by atomic mass is 9.85. The number of allylic oxidation sites excluding steroid dienone is 3. The van der Waals surface area contributed by atoms with Gasteiger partial charge in [0.25, 0.3) is 0 Å². The maximum absolute atomic E-state index is 11.9. The van der Waals surface area contributed by atoms with E-state index in [1.807, 2.05) is 18.8 Å². The number of aromatic nitrogens is 5. The number of hydrogen-bond donors (Lipinski definition) is 4. The molecule has 7 rings (SSSR count). The zero-order valence-electron chi connectivity index (χ0n) is 36.5. The van der Waals surface area contributed by atoms with Crippen LogP contribution < -0.4 is 25.8 Å². The summed E-state index contributed by atoms with van der Waals surface area (Å²) in [5, 5.41) is 27.7. The zero-order chi connectivity index (χ0) is 43.4. The number of benzene rings is 1. The Morgan fingerprint density at radius 2 is 1.82 bits per heavy atom. The number of likely N-dealkylation sites (tertiary alicyclic amines) is 1. The van der Waals surface area contributed by atoms with Crippen LogP contribution in [0.15, 0.2) is 79.1 Å². The van der Waals surface area contributed by atoms with Gasteiger partial charge in [0.15, 0.2) is 5.82 Å². The van der Waals surface area contributed by atoms with Gasteiger partial charge in [-0.2, -0.15) is 10.1 Å². The van der Waals surface area contributed by atoms with Gasteiger partial charge in [-0.15, -0.1) is 0 Å². The van der Waals surface area contributed by atoms with Crippen molar-refractivity contribution in [1.29, 1.82) is 0 Å². The van der Waals surface area contributed by atoms with Gasteiger partial charge in [-0.1, -0.05) is 56.5 Å². The number of aliphatic hydroxyl groups is 1. The average molecular weight is 849 g/mol. The maximum atomic E-state index is 11.9. The summed E-state index contributed by atoms with van der Waals surface area (Å²) in [5.41, 5.74) is 8.45. The van der Waals surface area contributed by atoms with Crippen molar-refractivity contribution in [2.75, 3.05) is 54.9 Å². The lowest BCUT2D eigenvalue weighted by Crippen LogP contribution is -2.52. The second kappa shape index (κ2) is 18.8. The van der Waals surface area contributed by atoms with Gasteiger partial charge in [0.05, 0.1) is 34.9 Å². The first kappa shape index (κ1) is 43.8. The lowest BCUT2D eigenvalue weighted by molar-refractivity contribution is -0.109. The van der Waals surface area contributed by atoms with Gasteiger partial charge in [-0.25, -0.2) is 9.97 Å². The number of rotatable bonds is 17. The summed E-state index contributed by atoms with van der Waals surface area (Å²) in [7, 11) is 3.94. The number of hydrogen-bond acceptors (Lipinski definition) is 11. The number of halogens is 1. The van der Waals surface area contributed by atoms with E-state index in [0.29, 0.717) is 68.0 Å². The number of carbonyl (C=O) groups excluding carboxylic acids is 1. The van der Waals surface area contributed by atoms with Gasteiger partial charge in [0, 0.05) is 73.7 Å². The first-order valence-corrected chi connectivity index (χ1v) is 22.0. The third-order valence-corrected chi connectivity index (χ3v) is 13.0. The van der Waals surface area contributed by atoms with Gasteiger partial charge in [-0.3, -0.25) is 9.48 Å². The van der Waals surface area contributed by atoms with Crippen molar-refractivity contribution in [1.82, 2.24) is 40.3 Å². The molecule has 3 aliphatic rings. The highest BCUT2D eigenvalue weighted by atomic mass is 35.5. The number of nitrogens with zero attached hydrogens (tertiary/aromatic N) is 8. The largest absolute Gasteiger partial charge is 0.392 e. The highest BCUT2D eigenvalue weighted by molar-refractivity contribution is 6.32. The Morgan fingerprint density at radius 1 is 1.07 bits per heavy atom. The Balaban J connectivity index is 0.954. The molecule has 1 amide bonds. The number of fused-ring (bicyclic) bond motifs is 2. The van der Waals surface area contributed by atoms with E-state index < -0.39 is 5.60 Å². The van der Waals surface area contributed by atoms with Crippen LogP contribution in [0.25, 0.3) is 17.0 Å². The molecule has 3 aliphatic heterocycles. The highest BCUT2D eigenvalue weighted by Gasteiger charge is 2.36. The Kier molecular flexibility index (Phi) is 13.5. The Morgan fingerprint density at radius 3 is 2.52 bits per heavy atom. The van der Waals surface area contributed by atoms with Crippen molar-refractivity contribution in [3.8, 4) is 0 Å². The van der Waals surface area contributed by atoms with Crippen LogP contribution >= 0.6 is 11.6 Å². The number of pyridine rings is 1. The molecule has 3 aromatic heterocycles. The molecule has 0 aliphatic carbocycles. The molecule has 61 heavy (non-hydrogen) atoms. The third-order valence-electron chi connectivity index (χ3n) is 12.7. The van der Waals surface area contributed by atoms with Crippen molar-refractivity contribution >= 4 is 58.3 Å². The standard InChI is InChI=1S/C47H62ClN11O2/c1-30(2)59-34(6)36(15-14-32(4)49-7)24-37-25-38(26-50-45(37)59)53-44-41(48)27-51-46(54-44)58-22-18-47(61,19-23-58)28-57-20-16-35(17-21-57)39-10-9-11-40-42(55-56(8)43(39)40)31(3)12-13-33(5)52-29-60/h9-11,24-27,29-31,35,49,61H,4-6,12-23,28H2,1-3,7-8H3,(H,52,60)(H,51,53,54). The first-order chi connectivity index (χ1) is 29.3. The van der Waals surface area contributed by atoms with Crippen LogP contribution in [0.3, 0.4) is 0 Å². The molecule has 2 saturated heterocycles. The number of amides is 1. The molecule has 4 aromatic rings. The van der Waals surface area contributed by atoms with Gasteiger partial charge >= 0.3 is 0 Å². The predicted octanol–water partition coefficient (Wildman–Crippen LogP) is 8.15. The van der Waals surface area contributed by atoms with Crippen molar-refractivity contribution in [3.05, 3.63) is 101 Å². The van der Waals surface area contributed by atoms with Gasteiger partial charge in [-0.05, 0) is 108 Å². The van der Waals surface area contributed by atoms with E-state index in [9.17, 15) is 9.90 Å². The molecule has 1 atom stereocenters. The minimum atomic E-state index is -0.785. The Hall–Kier alpha value is -5.24. The van der Waals surface area contributed by atoms with E-state index >= 15 is 0 Å². The number of anilines is 4. The zero-order valence-corrected chi connectivity index (χ0v) is 37.2. The topological polar surface area (TPSA) is 140 Å². The van der Waals surface area contributed by atoms with E-state index in [2.05, 4.69) is 106 Å². The summed E-state index contributed by atoms with van der Waals surface area (Å²) in [5.74, 6) is 2.61. The molecule has 4 N–H and O–H groups in total. The van der Waals surface area contributed by atoms with Crippen LogP contribution in [0.2, 0.25) is 5.02 Å². The fourth-order valence-electron chi connectivity index (χ4n) is 9.19. The van der Waals surface area contributed by atoms with Gasteiger partial charge in [0.1, 0.15) is 10.8 Å². The summed E-state index contributed by atoms with van der Waals surface area (Å²) in [6.07, 6.45) is 12.8. The number of para-hydroxylation sites is 1. The van der Waals surface area contributed by atoms with Crippen LogP contribution in [0.1, 0.15) is 101 Å². The molecule has 1 aromatic carbocycles. The second-order valence-corrected chi connectivity index (χ2v) is 17.8. The second-order valence-electron chi connectivity index (χ2n) is 17.4. The molecule has 1 unspecified atom stereocenters. The van der Waals surface area contributed by atoms with Crippen LogP contribution in [0.5, 0.6) is 0 Å². The summed E-state index contributed by atoms with van der Waals surface area (Å²) < 4.78 is 2.04. The molecule has 0 saturated carbocycles. The number of nitrogens with one attached hydrogen (secondary N) is 3. The van der Waals surface area contributed by atoms with Crippen LogP contribution in [0, 0.1) is 0 Å². The van der Waals surface area contributed by atoms with E-state index in [4.69, 9.17) is 26.7 Å². The summed E-state index contributed by atoms with van der Waals surface area (Å²) in [4.78, 5) is 31.9. The van der Waals surface area contributed by atoms with E-state index in [1.165, 1.54) is 16.5 Å². The molecule has 14 heteroatoms. The predicted molar refractivity (Wildman–Crippen MR) is 248 cm³/mol. The molecule has 324 valence electrons. The van der Waals surface area contributed by atoms with Crippen molar-refractivity contribution in [2.45, 2.75) is 95.6 Å². The van der Waals surface area contributed by atoms with E-state index in [1.54, 1.807) is 12.4 Å². The SMILES string of the molecule is C=C(CCC1=Cc2cc(Nc3nc(N4CCC(O)(CN5CCC(c6cccc7c(C(C)CCC(=C)NC=O)nn(C)c67)CC5)CC4)ncc3Cl)cnc2N(C(C)C)C1=C)NC. The molecule has 0 radical (unpaired) electrons. The molecule has 6 heterocycles. The summed E-state index contributed by atoms with van der Waals surface area (Å²) in [6, 6.07) is 8.87. The number of aryl methyl sites for hydroxylation is 1. The van der Waals surface area contributed by atoms with Crippen LogP contribution in [-0.2, 0) is 11.8 Å². The highest BCUT2D eigenvalue weighted by Crippen LogP contribution is 2.40. The molecule has 0 spiro atoms. The van der Waals surface area contributed by atoms with Crippen molar-refractivity contribution in [2.24, 2.45) is 7.05 Å². The number of carbonyl (C=O) groups is 1. The molecule has 0 bridgehead atoms. The Bertz CT molecular complexity index is 2300. The minimum absolute atomic E-state index is 0.183. The molecule has 13 nitrogen and oxygen atoms in total. The smallest absolute Gasteiger partial charge is 0.227 e. The molecular formula is C47H62ClN11O2. The van der Waals surface area contributed by atoms with Gasteiger partial charge < -0.3 is 35.8 Å². The number of β-amino-alcohol motifs (C(OH)–C–C–N with tert-alkyl or cyclic N) is 1. The quantitative estimate of drug-likeness (QED) is 0.0766. The fraction of sp³-hybridized carbons (Fsp3) is 0.468. The fourth-order valence-corrected chi connectivity index (χ4v) is 9.33. The molecule has 2 fully saturated rings. The molecular weight excluding hydrogens is 786 g/mol. The van der Waals surface area contributed by atoms with Gasteiger partial charge in [0.2, 0.25) is 12.4 Å². The normalized spacial score (nSPS) is 17.6. The monoisotopic (exact) mass is 847 g/mol. The average Bonchev–Trinajstić information content (AvgIpc) is 3.59. The first-order valence-electron chi connectivity index (χ1n) is 21.6. The number of piperidine rings is 2. The Labute approximate surface area is 365 Å². The van der Waals surface area contributed by atoms with Crippen molar-refractivity contribution < 1.29 is 9.90 Å². The summed E-state index contributed by atoms with van der Waals surface area (Å²) in [6.45, 7) is 22.7. The minimum Gasteiger partial charge on any atom is -0.392 e. The maximum Gasteiger partial charge on any atom is 0.227 e. The lowest BCUT2D eigenvalue weighted by Gasteiger charge is -2.42. The third kappa shape index (κ3) is 9.79. The van der Waals surface area contributed by atoms with E-state index in [0.717, 1.165) is 90.6 Å². The van der Waals surface area contributed by atoms with Crippen molar-refractivity contribution in [3.63, 3.8) is 0 Å². The van der Waals surface area contributed by atoms with Crippen LogP contribution in [-0.4, -0.2) is 92.6 Å². The van der Waals surface area contributed by atoms with E-state index in [-0.39, 0.29) is 12.0 Å².